The summed E-state index contributed by atoms with van der Waals surface area (Å²) in [6, 6.07) is 6.14. The fourth-order valence-electron chi connectivity index (χ4n) is 2.24. The van der Waals surface area contributed by atoms with Gasteiger partial charge in [-0.2, -0.15) is 0 Å². The number of nitrogens with one attached hydrogen (secondary N) is 1. The normalized spacial score (nSPS) is 14.1. The summed E-state index contributed by atoms with van der Waals surface area (Å²) in [6.45, 7) is 6.05. The number of amides is 1. The Labute approximate surface area is 120 Å². The minimum Gasteiger partial charge on any atom is -0.388 e. The van der Waals surface area contributed by atoms with Crippen molar-refractivity contribution in [3.63, 3.8) is 0 Å². The van der Waals surface area contributed by atoms with Gasteiger partial charge in [0.1, 0.15) is 5.82 Å². The van der Waals surface area contributed by atoms with E-state index in [-0.39, 0.29) is 18.3 Å². The molecule has 4 heteroatoms. The number of carbonyl (C=O) groups excluding carboxylic acids is 1. The van der Waals surface area contributed by atoms with Gasteiger partial charge in [-0.25, -0.2) is 4.39 Å². The summed E-state index contributed by atoms with van der Waals surface area (Å²) in [7, 11) is 0. The number of carbonyl (C=O) groups is 1. The van der Waals surface area contributed by atoms with E-state index in [4.69, 9.17) is 0 Å². The smallest absolute Gasteiger partial charge is 0.220 e. The van der Waals surface area contributed by atoms with Gasteiger partial charge in [-0.05, 0) is 43.4 Å². The number of hydrogen-bond acceptors (Lipinski definition) is 2. The molecule has 1 atom stereocenters. The minimum atomic E-state index is -0.875. The second-order valence-corrected chi connectivity index (χ2v) is 6.00. The van der Waals surface area contributed by atoms with Crippen LogP contribution in [0.3, 0.4) is 0 Å². The lowest BCUT2D eigenvalue weighted by molar-refractivity contribution is -0.122. The first-order valence-corrected chi connectivity index (χ1v) is 7.02. The molecule has 0 aliphatic rings. The van der Waals surface area contributed by atoms with Crippen LogP contribution >= 0.6 is 0 Å². The van der Waals surface area contributed by atoms with E-state index in [2.05, 4.69) is 5.32 Å². The topological polar surface area (TPSA) is 49.3 Å². The van der Waals surface area contributed by atoms with Crippen LogP contribution in [0.15, 0.2) is 24.3 Å². The molecular weight excluding hydrogens is 257 g/mol. The van der Waals surface area contributed by atoms with Crippen molar-refractivity contribution in [3.8, 4) is 0 Å². The van der Waals surface area contributed by atoms with Crippen LogP contribution in [0.2, 0.25) is 0 Å². The van der Waals surface area contributed by atoms with E-state index >= 15 is 0 Å². The molecule has 0 aliphatic heterocycles. The van der Waals surface area contributed by atoms with Crippen LogP contribution in [0, 0.1) is 11.7 Å². The lowest BCUT2D eigenvalue weighted by Gasteiger charge is -2.25. The Morgan fingerprint density at radius 2 is 1.95 bits per heavy atom. The summed E-state index contributed by atoms with van der Waals surface area (Å²) in [5.41, 5.74) is 0.0511. The van der Waals surface area contributed by atoms with Crippen molar-refractivity contribution in [2.75, 3.05) is 6.54 Å². The van der Waals surface area contributed by atoms with E-state index in [0.29, 0.717) is 25.2 Å². The molecule has 0 bridgehead atoms. The molecule has 1 amide bonds. The number of hydrogen-bond donors (Lipinski definition) is 2. The summed E-state index contributed by atoms with van der Waals surface area (Å²) in [5, 5.41) is 12.8. The second kappa shape index (κ2) is 7.39. The van der Waals surface area contributed by atoms with Crippen LogP contribution in [0.1, 0.15) is 39.2 Å². The first-order valence-electron chi connectivity index (χ1n) is 7.02. The third-order valence-corrected chi connectivity index (χ3v) is 3.07. The molecule has 2 N–H and O–H groups in total. The third-order valence-electron chi connectivity index (χ3n) is 3.07. The molecule has 0 saturated carbocycles. The van der Waals surface area contributed by atoms with E-state index in [1.54, 1.807) is 19.1 Å². The molecule has 0 aromatic heterocycles. The molecular formula is C16H24FNO2. The summed E-state index contributed by atoms with van der Waals surface area (Å²) < 4.78 is 12.7. The van der Waals surface area contributed by atoms with Gasteiger partial charge in [0.05, 0.1) is 5.60 Å². The van der Waals surface area contributed by atoms with Crippen LogP contribution in [0.5, 0.6) is 0 Å². The van der Waals surface area contributed by atoms with Crippen LogP contribution in [0.25, 0.3) is 0 Å². The molecule has 112 valence electrons. The van der Waals surface area contributed by atoms with Crippen molar-refractivity contribution in [2.45, 2.75) is 45.6 Å². The fourth-order valence-corrected chi connectivity index (χ4v) is 2.24. The Balaban J connectivity index is 2.32. The van der Waals surface area contributed by atoms with Crippen molar-refractivity contribution in [1.29, 1.82) is 0 Å². The Kier molecular flexibility index (Phi) is 6.14. The van der Waals surface area contributed by atoms with Gasteiger partial charge in [-0.15, -0.1) is 0 Å². The van der Waals surface area contributed by atoms with E-state index in [9.17, 15) is 14.3 Å². The van der Waals surface area contributed by atoms with Crippen molar-refractivity contribution < 1.29 is 14.3 Å². The zero-order valence-corrected chi connectivity index (χ0v) is 12.4. The van der Waals surface area contributed by atoms with E-state index < -0.39 is 5.60 Å². The number of halogens is 1. The predicted molar refractivity (Wildman–Crippen MR) is 77.8 cm³/mol. The van der Waals surface area contributed by atoms with Crippen LogP contribution < -0.4 is 5.32 Å². The lowest BCUT2D eigenvalue weighted by atomic mass is 9.94. The summed E-state index contributed by atoms with van der Waals surface area (Å²) >= 11 is 0. The van der Waals surface area contributed by atoms with Crippen LogP contribution in [-0.2, 0) is 11.2 Å². The summed E-state index contributed by atoms with van der Waals surface area (Å²) in [5.74, 6) is 0.00223. The second-order valence-electron chi connectivity index (χ2n) is 6.00. The number of aliphatic hydroxyl groups is 1. The largest absolute Gasteiger partial charge is 0.388 e. The molecule has 0 heterocycles. The van der Waals surface area contributed by atoms with Gasteiger partial charge < -0.3 is 10.4 Å². The summed E-state index contributed by atoms with van der Waals surface area (Å²) in [6.07, 6.45) is 1.55. The lowest BCUT2D eigenvalue weighted by Crippen LogP contribution is -2.41. The van der Waals surface area contributed by atoms with Gasteiger partial charge in [0, 0.05) is 13.0 Å². The molecule has 0 aliphatic carbocycles. The minimum absolute atomic E-state index is 0.0987. The van der Waals surface area contributed by atoms with Crippen molar-refractivity contribution in [3.05, 3.63) is 35.6 Å². The third kappa shape index (κ3) is 6.66. The number of benzene rings is 1. The molecule has 0 saturated heterocycles. The highest BCUT2D eigenvalue weighted by Gasteiger charge is 2.22. The Bertz CT molecular complexity index is 427. The molecule has 1 rings (SSSR count). The van der Waals surface area contributed by atoms with E-state index in [1.807, 2.05) is 13.8 Å². The van der Waals surface area contributed by atoms with E-state index in [1.165, 1.54) is 12.1 Å². The summed E-state index contributed by atoms with van der Waals surface area (Å²) in [4.78, 5) is 11.7. The Morgan fingerprint density at radius 1 is 1.35 bits per heavy atom. The first kappa shape index (κ1) is 16.6. The molecule has 1 aromatic rings. The van der Waals surface area contributed by atoms with E-state index in [0.717, 1.165) is 5.56 Å². The van der Waals surface area contributed by atoms with Crippen molar-refractivity contribution in [1.82, 2.24) is 5.32 Å². The quantitative estimate of drug-likeness (QED) is 0.807. The molecule has 0 radical (unpaired) electrons. The van der Waals surface area contributed by atoms with Gasteiger partial charge in [0.2, 0.25) is 5.91 Å². The Morgan fingerprint density at radius 3 is 2.50 bits per heavy atom. The fraction of sp³-hybridized carbons (Fsp3) is 0.562. The van der Waals surface area contributed by atoms with Gasteiger partial charge in [0.25, 0.3) is 0 Å². The maximum Gasteiger partial charge on any atom is 0.220 e. The standard InChI is InChI=1S/C16H24FNO2/c1-12(2)10-16(3,20)11-18-15(19)9-6-13-4-7-14(17)8-5-13/h4-5,7-8,12,20H,6,9-11H2,1-3H3,(H,18,19). The van der Waals surface area contributed by atoms with Gasteiger partial charge in [-0.3, -0.25) is 4.79 Å². The maximum absolute atomic E-state index is 12.7. The van der Waals surface area contributed by atoms with Crippen molar-refractivity contribution >= 4 is 5.91 Å². The molecule has 20 heavy (non-hydrogen) atoms. The Hall–Kier alpha value is -1.42. The number of rotatable bonds is 7. The highest BCUT2D eigenvalue weighted by molar-refractivity contribution is 5.76. The van der Waals surface area contributed by atoms with Gasteiger partial charge in [0.15, 0.2) is 0 Å². The van der Waals surface area contributed by atoms with Gasteiger partial charge >= 0.3 is 0 Å². The SMILES string of the molecule is CC(C)CC(C)(O)CNC(=O)CCc1ccc(F)cc1. The highest BCUT2D eigenvalue weighted by Crippen LogP contribution is 2.15. The van der Waals surface area contributed by atoms with Crippen LogP contribution in [-0.4, -0.2) is 23.2 Å². The van der Waals surface area contributed by atoms with Crippen LogP contribution in [0.4, 0.5) is 4.39 Å². The number of aryl methyl sites for hydroxylation is 1. The predicted octanol–water partition coefficient (Wildman–Crippen LogP) is 2.67. The molecule has 1 aromatic carbocycles. The average Bonchev–Trinajstić information content (AvgIpc) is 2.34. The molecule has 1 unspecified atom stereocenters. The molecule has 3 nitrogen and oxygen atoms in total. The average molecular weight is 281 g/mol. The maximum atomic E-state index is 12.7. The van der Waals surface area contributed by atoms with Gasteiger partial charge in [-0.1, -0.05) is 26.0 Å². The first-order chi connectivity index (χ1) is 9.28. The highest BCUT2D eigenvalue weighted by atomic mass is 19.1. The zero-order chi connectivity index (χ0) is 15.2. The zero-order valence-electron chi connectivity index (χ0n) is 12.4. The molecule has 0 spiro atoms. The van der Waals surface area contributed by atoms with Crippen molar-refractivity contribution in [2.24, 2.45) is 5.92 Å². The monoisotopic (exact) mass is 281 g/mol. The molecule has 0 fully saturated rings.